The molecule has 0 radical (unpaired) electrons. The highest BCUT2D eigenvalue weighted by Gasteiger charge is 2.37. The predicted molar refractivity (Wildman–Crippen MR) is 65.2 cm³/mol. The van der Waals surface area contributed by atoms with Crippen molar-refractivity contribution in [3.8, 4) is 0 Å². The lowest BCUT2D eigenvalue weighted by Crippen LogP contribution is -2.46. The van der Waals surface area contributed by atoms with Crippen molar-refractivity contribution in [1.29, 1.82) is 0 Å². The maximum atomic E-state index is 12.2. The van der Waals surface area contributed by atoms with Gasteiger partial charge in [-0.2, -0.15) is 0 Å². The molecule has 1 heterocycles. The van der Waals surface area contributed by atoms with Crippen LogP contribution < -0.4 is 10.6 Å². The van der Waals surface area contributed by atoms with Crippen LogP contribution in [0.4, 0.5) is 0 Å². The molecule has 16 heavy (non-hydrogen) atoms. The van der Waals surface area contributed by atoms with Crippen molar-refractivity contribution in [2.45, 2.75) is 52.0 Å². The van der Waals surface area contributed by atoms with Crippen molar-refractivity contribution < 1.29 is 4.79 Å². The van der Waals surface area contributed by atoms with E-state index in [4.69, 9.17) is 0 Å². The van der Waals surface area contributed by atoms with E-state index in [0.717, 1.165) is 31.8 Å². The molecule has 0 aromatic carbocycles. The number of nitrogens with one attached hydrogen (secondary N) is 2. The van der Waals surface area contributed by atoms with Crippen LogP contribution in [0, 0.1) is 11.3 Å². The maximum absolute atomic E-state index is 12.2. The average molecular weight is 224 g/mol. The monoisotopic (exact) mass is 224 g/mol. The van der Waals surface area contributed by atoms with Crippen LogP contribution in [-0.2, 0) is 4.79 Å². The first-order valence-electron chi connectivity index (χ1n) is 6.62. The Balaban J connectivity index is 1.86. The lowest BCUT2D eigenvalue weighted by molar-refractivity contribution is -0.130. The topological polar surface area (TPSA) is 41.1 Å². The van der Waals surface area contributed by atoms with Crippen molar-refractivity contribution in [2.24, 2.45) is 11.3 Å². The summed E-state index contributed by atoms with van der Waals surface area (Å²) >= 11 is 0. The summed E-state index contributed by atoms with van der Waals surface area (Å²) in [4.78, 5) is 12.2. The van der Waals surface area contributed by atoms with Crippen molar-refractivity contribution in [2.75, 3.05) is 13.1 Å². The van der Waals surface area contributed by atoms with Crippen molar-refractivity contribution in [3.05, 3.63) is 0 Å². The van der Waals surface area contributed by atoms with Gasteiger partial charge in [-0.25, -0.2) is 0 Å². The Hall–Kier alpha value is -0.570. The van der Waals surface area contributed by atoms with Crippen molar-refractivity contribution >= 4 is 5.91 Å². The van der Waals surface area contributed by atoms with Crippen LogP contribution >= 0.6 is 0 Å². The summed E-state index contributed by atoms with van der Waals surface area (Å²) in [6.07, 6.45) is 5.89. The third kappa shape index (κ3) is 2.57. The summed E-state index contributed by atoms with van der Waals surface area (Å²) in [6, 6.07) is 0.425. The SMILES string of the molecule is CC1CCCC(NC(=O)C2(C)CCNC2)C1. The minimum Gasteiger partial charge on any atom is -0.353 e. The van der Waals surface area contributed by atoms with Gasteiger partial charge in [0.05, 0.1) is 5.41 Å². The zero-order chi connectivity index (χ0) is 11.6. The minimum absolute atomic E-state index is 0.166. The second-order valence-electron chi connectivity index (χ2n) is 5.93. The molecule has 3 heteroatoms. The van der Waals surface area contributed by atoms with Gasteiger partial charge in [-0.3, -0.25) is 4.79 Å². The average Bonchev–Trinajstić information content (AvgIpc) is 2.66. The Kier molecular flexibility index (Phi) is 3.53. The molecular weight excluding hydrogens is 200 g/mol. The standard InChI is InChI=1S/C13H24N2O/c1-10-4-3-5-11(8-10)15-12(16)13(2)6-7-14-9-13/h10-11,14H,3-9H2,1-2H3,(H,15,16). The van der Waals surface area contributed by atoms with Crippen LogP contribution in [0.5, 0.6) is 0 Å². The summed E-state index contributed by atoms with van der Waals surface area (Å²) in [6.45, 7) is 6.18. The van der Waals surface area contributed by atoms with Gasteiger partial charge in [-0.1, -0.05) is 19.8 Å². The summed E-state index contributed by atoms with van der Waals surface area (Å²) in [5, 5.41) is 6.53. The van der Waals surface area contributed by atoms with E-state index in [1.54, 1.807) is 0 Å². The molecule has 92 valence electrons. The Bertz CT molecular complexity index is 259. The van der Waals surface area contributed by atoms with Gasteiger partial charge >= 0.3 is 0 Å². The van der Waals surface area contributed by atoms with E-state index in [-0.39, 0.29) is 11.3 Å². The molecule has 0 aromatic heterocycles. The number of hydrogen-bond donors (Lipinski definition) is 2. The second-order valence-corrected chi connectivity index (χ2v) is 5.93. The van der Waals surface area contributed by atoms with E-state index in [0.29, 0.717) is 6.04 Å². The third-order valence-electron chi connectivity index (χ3n) is 4.19. The van der Waals surface area contributed by atoms with E-state index in [2.05, 4.69) is 24.5 Å². The van der Waals surface area contributed by atoms with Gasteiger partial charge in [0.2, 0.25) is 5.91 Å². The molecular formula is C13H24N2O. The van der Waals surface area contributed by atoms with Crippen molar-refractivity contribution in [3.63, 3.8) is 0 Å². The first-order chi connectivity index (χ1) is 7.60. The van der Waals surface area contributed by atoms with Gasteiger partial charge in [0.15, 0.2) is 0 Å². The lowest BCUT2D eigenvalue weighted by Gasteiger charge is -2.31. The molecule has 2 fully saturated rings. The molecule has 2 aliphatic rings. The summed E-state index contributed by atoms with van der Waals surface area (Å²) in [5.74, 6) is 1.03. The predicted octanol–water partition coefficient (Wildman–Crippen LogP) is 1.68. The molecule has 3 atom stereocenters. The van der Waals surface area contributed by atoms with Gasteiger partial charge in [-0.05, 0) is 38.6 Å². The number of hydrogen-bond acceptors (Lipinski definition) is 2. The van der Waals surface area contributed by atoms with Crippen molar-refractivity contribution in [1.82, 2.24) is 10.6 Å². The van der Waals surface area contributed by atoms with Gasteiger partial charge in [-0.15, -0.1) is 0 Å². The molecule has 1 saturated carbocycles. The van der Waals surface area contributed by atoms with E-state index >= 15 is 0 Å². The molecule has 1 aliphatic carbocycles. The first-order valence-corrected chi connectivity index (χ1v) is 6.62. The zero-order valence-corrected chi connectivity index (χ0v) is 10.5. The maximum Gasteiger partial charge on any atom is 0.227 e. The molecule has 0 aromatic rings. The molecule has 3 nitrogen and oxygen atoms in total. The molecule has 0 bridgehead atoms. The van der Waals surface area contributed by atoms with Crippen LogP contribution in [0.25, 0.3) is 0 Å². The van der Waals surface area contributed by atoms with E-state index in [9.17, 15) is 4.79 Å². The summed E-state index contributed by atoms with van der Waals surface area (Å²) in [5.41, 5.74) is -0.166. The molecule has 1 saturated heterocycles. The zero-order valence-electron chi connectivity index (χ0n) is 10.5. The molecule has 0 spiro atoms. The fourth-order valence-corrected chi connectivity index (χ4v) is 2.94. The molecule has 2 N–H and O–H groups in total. The fourth-order valence-electron chi connectivity index (χ4n) is 2.94. The molecule has 3 unspecified atom stereocenters. The highest BCUT2D eigenvalue weighted by Crippen LogP contribution is 2.27. The number of carbonyl (C=O) groups excluding carboxylic acids is 1. The van der Waals surface area contributed by atoms with Crippen LogP contribution in [0.1, 0.15) is 46.0 Å². The lowest BCUT2D eigenvalue weighted by atomic mass is 9.84. The van der Waals surface area contributed by atoms with Gasteiger partial charge < -0.3 is 10.6 Å². The first kappa shape index (κ1) is 11.9. The Morgan fingerprint density at radius 2 is 2.25 bits per heavy atom. The fraction of sp³-hybridized carbons (Fsp3) is 0.923. The highest BCUT2D eigenvalue weighted by atomic mass is 16.2. The number of carbonyl (C=O) groups is 1. The number of rotatable bonds is 2. The van der Waals surface area contributed by atoms with Gasteiger partial charge in [0.25, 0.3) is 0 Å². The van der Waals surface area contributed by atoms with Gasteiger partial charge in [0, 0.05) is 12.6 Å². The van der Waals surface area contributed by atoms with E-state index < -0.39 is 0 Å². The Morgan fingerprint density at radius 3 is 2.88 bits per heavy atom. The highest BCUT2D eigenvalue weighted by molar-refractivity contribution is 5.83. The largest absolute Gasteiger partial charge is 0.353 e. The van der Waals surface area contributed by atoms with Gasteiger partial charge in [0.1, 0.15) is 0 Å². The van der Waals surface area contributed by atoms with Crippen LogP contribution in [0.3, 0.4) is 0 Å². The minimum atomic E-state index is -0.166. The molecule has 2 rings (SSSR count). The quantitative estimate of drug-likeness (QED) is 0.749. The molecule has 1 aliphatic heterocycles. The Morgan fingerprint density at radius 1 is 1.44 bits per heavy atom. The normalized spacial score (nSPS) is 39.6. The van der Waals surface area contributed by atoms with Crippen LogP contribution in [0.15, 0.2) is 0 Å². The summed E-state index contributed by atoms with van der Waals surface area (Å²) < 4.78 is 0. The molecule has 1 amide bonds. The third-order valence-corrected chi connectivity index (χ3v) is 4.19. The Labute approximate surface area is 98.4 Å². The van der Waals surface area contributed by atoms with Crippen LogP contribution in [-0.4, -0.2) is 25.0 Å². The smallest absolute Gasteiger partial charge is 0.227 e. The van der Waals surface area contributed by atoms with Crippen LogP contribution in [0.2, 0.25) is 0 Å². The van der Waals surface area contributed by atoms with E-state index in [1.165, 1.54) is 19.3 Å². The second kappa shape index (κ2) is 4.74. The summed E-state index contributed by atoms with van der Waals surface area (Å²) in [7, 11) is 0. The number of amides is 1. The van der Waals surface area contributed by atoms with E-state index in [1.807, 2.05) is 0 Å².